The largest absolute Gasteiger partial charge is 0.478 e. The molecule has 0 aliphatic rings. The van der Waals surface area contributed by atoms with E-state index in [1.54, 1.807) is 13.2 Å². The molecular formula is C12H17NO5S2. The highest BCUT2D eigenvalue weighted by atomic mass is 32.2. The van der Waals surface area contributed by atoms with E-state index >= 15 is 0 Å². The predicted octanol–water partition coefficient (Wildman–Crippen LogP) is 0.820. The lowest BCUT2D eigenvalue weighted by molar-refractivity contribution is 0.0696. The molecule has 0 amide bonds. The Morgan fingerprint density at radius 1 is 1.45 bits per heavy atom. The van der Waals surface area contributed by atoms with E-state index < -0.39 is 26.8 Å². The maximum Gasteiger partial charge on any atom is 0.335 e. The number of carbonyl (C=O) groups is 1. The maximum atomic E-state index is 12.1. The number of benzene rings is 1. The summed E-state index contributed by atoms with van der Waals surface area (Å²) in [6, 6.07) is 4.77. The third-order valence-corrected chi connectivity index (χ3v) is 4.98. The van der Waals surface area contributed by atoms with Crippen LogP contribution in [0.4, 0.5) is 0 Å². The average Bonchev–Trinajstić information content (AvgIpc) is 2.36. The minimum absolute atomic E-state index is 0.0878. The van der Waals surface area contributed by atoms with Gasteiger partial charge < -0.3 is 5.11 Å². The molecule has 1 aromatic carbocycles. The zero-order chi connectivity index (χ0) is 15.3. The van der Waals surface area contributed by atoms with Crippen LogP contribution in [0.25, 0.3) is 0 Å². The fraction of sp³-hybridized carbons (Fsp3) is 0.417. The van der Waals surface area contributed by atoms with Crippen molar-refractivity contribution in [1.82, 2.24) is 4.72 Å². The third-order valence-electron chi connectivity index (χ3n) is 2.59. The highest BCUT2D eigenvalue weighted by molar-refractivity contribution is 7.89. The zero-order valence-corrected chi connectivity index (χ0v) is 12.8. The summed E-state index contributed by atoms with van der Waals surface area (Å²) in [5, 5.41) is 8.85. The fourth-order valence-corrected chi connectivity index (χ4v) is 3.54. The molecule has 0 bridgehead atoms. The standard InChI is InChI=1S/C12H17NO5S2/c1-9(6-7-19(2)16)13-20(17,18)11-5-3-4-10(8-11)12(14)15/h3-5,8-9,13H,6-7H2,1-2H3,(H,14,15). The van der Waals surface area contributed by atoms with Crippen LogP contribution in [-0.2, 0) is 20.8 Å². The number of carboxylic acid groups (broad SMARTS) is 1. The monoisotopic (exact) mass is 319 g/mol. The molecule has 0 saturated heterocycles. The predicted molar refractivity (Wildman–Crippen MR) is 76.7 cm³/mol. The second-order valence-corrected chi connectivity index (χ2v) is 7.69. The SMILES string of the molecule is CC(CCS(C)=O)NS(=O)(=O)c1cccc(C(=O)O)c1. The number of sulfonamides is 1. The van der Waals surface area contributed by atoms with Crippen molar-refractivity contribution in [2.75, 3.05) is 12.0 Å². The molecule has 0 saturated carbocycles. The molecule has 0 aromatic heterocycles. The molecule has 0 heterocycles. The van der Waals surface area contributed by atoms with Gasteiger partial charge in [0.15, 0.2) is 0 Å². The van der Waals surface area contributed by atoms with Crippen molar-refractivity contribution in [3.8, 4) is 0 Å². The normalized spacial score (nSPS) is 14.7. The van der Waals surface area contributed by atoms with Crippen molar-refractivity contribution < 1.29 is 22.5 Å². The van der Waals surface area contributed by atoms with E-state index in [4.69, 9.17) is 5.11 Å². The quantitative estimate of drug-likeness (QED) is 0.775. The Hall–Kier alpha value is -1.25. The number of rotatable bonds is 7. The lowest BCUT2D eigenvalue weighted by atomic mass is 10.2. The Morgan fingerprint density at radius 3 is 2.65 bits per heavy atom. The van der Waals surface area contributed by atoms with Crippen molar-refractivity contribution in [3.63, 3.8) is 0 Å². The van der Waals surface area contributed by atoms with Gasteiger partial charge in [-0.2, -0.15) is 0 Å². The summed E-state index contributed by atoms with van der Waals surface area (Å²) in [4.78, 5) is 10.7. The van der Waals surface area contributed by atoms with E-state index in [1.807, 2.05) is 0 Å². The van der Waals surface area contributed by atoms with Crippen LogP contribution in [0.2, 0.25) is 0 Å². The van der Waals surface area contributed by atoms with Gasteiger partial charge in [-0.15, -0.1) is 0 Å². The molecule has 6 nitrogen and oxygen atoms in total. The van der Waals surface area contributed by atoms with E-state index in [1.165, 1.54) is 18.2 Å². The molecule has 2 atom stereocenters. The van der Waals surface area contributed by atoms with Gasteiger partial charge >= 0.3 is 5.97 Å². The molecule has 8 heteroatoms. The van der Waals surface area contributed by atoms with Crippen molar-refractivity contribution in [3.05, 3.63) is 29.8 Å². The molecule has 2 N–H and O–H groups in total. The second kappa shape index (κ2) is 6.96. The van der Waals surface area contributed by atoms with Crippen molar-refractivity contribution >= 4 is 26.8 Å². The van der Waals surface area contributed by atoms with E-state index in [-0.39, 0.29) is 16.5 Å². The molecule has 0 aliphatic heterocycles. The van der Waals surface area contributed by atoms with E-state index in [0.29, 0.717) is 12.2 Å². The molecule has 112 valence electrons. The van der Waals surface area contributed by atoms with Gasteiger partial charge in [0.25, 0.3) is 0 Å². The van der Waals surface area contributed by atoms with Crippen molar-refractivity contribution in [2.24, 2.45) is 0 Å². The van der Waals surface area contributed by atoms with Gasteiger partial charge in [0, 0.05) is 28.9 Å². The summed E-state index contributed by atoms with van der Waals surface area (Å²) in [6.45, 7) is 1.67. The summed E-state index contributed by atoms with van der Waals surface area (Å²) in [5.41, 5.74) is -0.0878. The van der Waals surface area contributed by atoms with Crippen LogP contribution in [0.1, 0.15) is 23.7 Å². The van der Waals surface area contributed by atoms with E-state index in [9.17, 15) is 17.4 Å². The van der Waals surface area contributed by atoms with Gasteiger partial charge in [0.1, 0.15) is 0 Å². The maximum absolute atomic E-state index is 12.1. The van der Waals surface area contributed by atoms with Gasteiger partial charge in [-0.1, -0.05) is 6.07 Å². The molecule has 0 fully saturated rings. The van der Waals surface area contributed by atoms with Gasteiger partial charge in [-0.3, -0.25) is 4.21 Å². The summed E-state index contributed by atoms with van der Waals surface area (Å²) in [6.07, 6.45) is 2.00. The summed E-state index contributed by atoms with van der Waals surface area (Å²) < 4.78 is 37.6. The van der Waals surface area contributed by atoms with E-state index in [0.717, 1.165) is 6.07 Å². The Kier molecular flexibility index (Phi) is 5.85. The summed E-state index contributed by atoms with van der Waals surface area (Å²) in [5.74, 6) is -0.782. The van der Waals surface area contributed by atoms with Gasteiger partial charge in [-0.05, 0) is 31.5 Å². The highest BCUT2D eigenvalue weighted by Crippen LogP contribution is 2.12. The van der Waals surface area contributed by atoms with Crippen molar-refractivity contribution in [2.45, 2.75) is 24.3 Å². The number of hydrogen-bond acceptors (Lipinski definition) is 4. The molecule has 1 aromatic rings. The first-order valence-corrected chi connectivity index (χ1v) is 9.09. The molecule has 1 rings (SSSR count). The van der Waals surface area contributed by atoms with Crippen LogP contribution in [-0.4, -0.2) is 41.8 Å². The molecule has 0 radical (unpaired) electrons. The first-order valence-electron chi connectivity index (χ1n) is 5.88. The number of nitrogens with one attached hydrogen (secondary N) is 1. The van der Waals surface area contributed by atoms with Crippen LogP contribution in [0.3, 0.4) is 0 Å². The van der Waals surface area contributed by atoms with Crippen LogP contribution in [0.15, 0.2) is 29.2 Å². The van der Waals surface area contributed by atoms with Gasteiger partial charge in [0.05, 0.1) is 10.5 Å². The number of hydrogen-bond donors (Lipinski definition) is 2. The highest BCUT2D eigenvalue weighted by Gasteiger charge is 2.18. The molecule has 0 aliphatic carbocycles. The van der Waals surface area contributed by atoms with Crippen LogP contribution in [0, 0.1) is 0 Å². The molecule has 20 heavy (non-hydrogen) atoms. The minimum atomic E-state index is -3.78. The zero-order valence-electron chi connectivity index (χ0n) is 11.2. The first-order chi connectivity index (χ1) is 9.22. The van der Waals surface area contributed by atoms with Crippen LogP contribution >= 0.6 is 0 Å². The third kappa shape index (κ3) is 5.03. The van der Waals surface area contributed by atoms with Crippen molar-refractivity contribution in [1.29, 1.82) is 0 Å². The minimum Gasteiger partial charge on any atom is -0.478 e. The Balaban J connectivity index is 2.85. The van der Waals surface area contributed by atoms with Crippen LogP contribution < -0.4 is 4.72 Å². The fourth-order valence-electron chi connectivity index (χ4n) is 1.53. The van der Waals surface area contributed by atoms with E-state index in [2.05, 4.69) is 4.72 Å². The Labute approximate surface area is 120 Å². The molecule has 0 spiro atoms. The van der Waals surface area contributed by atoms with Gasteiger partial charge in [0.2, 0.25) is 10.0 Å². The summed E-state index contributed by atoms with van der Waals surface area (Å²) in [7, 11) is -4.76. The molecule has 2 unspecified atom stereocenters. The Bertz CT molecular complexity index is 612. The topological polar surface area (TPSA) is 101 Å². The molecular weight excluding hydrogens is 302 g/mol. The Morgan fingerprint density at radius 2 is 2.10 bits per heavy atom. The lowest BCUT2D eigenvalue weighted by Gasteiger charge is -2.13. The van der Waals surface area contributed by atoms with Crippen LogP contribution in [0.5, 0.6) is 0 Å². The second-order valence-electron chi connectivity index (χ2n) is 4.42. The number of carboxylic acids is 1. The average molecular weight is 319 g/mol. The van der Waals surface area contributed by atoms with Gasteiger partial charge in [-0.25, -0.2) is 17.9 Å². The first kappa shape index (κ1) is 16.8. The smallest absolute Gasteiger partial charge is 0.335 e. The lowest BCUT2D eigenvalue weighted by Crippen LogP contribution is -2.33. The summed E-state index contributed by atoms with van der Waals surface area (Å²) >= 11 is 0. The number of aromatic carboxylic acids is 1.